The van der Waals surface area contributed by atoms with E-state index in [1.165, 1.54) is 6.20 Å². The number of halogens is 1. The Labute approximate surface area is 195 Å². The van der Waals surface area contributed by atoms with Crippen LogP contribution in [0.4, 0.5) is 5.69 Å². The Morgan fingerprint density at radius 3 is 2.59 bits per heavy atom. The number of aryl methyl sites for hydroxylation is 1. The second kappa shape index (κ2) is 10.7. The number of aliphatic imine (C=N–C) groups is 1. The molecule has 7 heteroatoms. The standard InChI is InChI=1S/C25H32ClN5O/c1-4-31(23-13-9-8-10-19(23)2)24(22(26)18-27)28-20(3)30-16-14-25(29-32,15-17-30)21-11-6-5-7-12-21/h4,6,8-13,18,20H,1,5,7,14-17,27H2,2-3H3/b22-18+,28-24?. The molecule has 0 saturated carbocycles. The van der Waals surface area contributed by atoms with Crippen LogP contribution in [0.1, 0.15) is 38.2 Å². The first-order valence-electron chi connectivity index (χ1n) is 11.0. The van der Waals surface area contributed by atoms with Crippen LogP contribution in [-0.2, 0) is 0 Å². The second-order valence-corrected chi connectivity index (χ2v) is 8.64. The smallest absolute Gasteiger partial charge is 0.154 e. The van der Waals surface area contributed by atoms with Gasteiger partial charge in [-0.05, 0) is 56.7 Å². The quantitative estimate of drug-likeness (QED) is 0.331. The lowest BCUT2D eigenvalue weighted by atomic mass is 9.79. The molecule has 1 aliphatic carbocycles. The van der Waals surface area contributed by atoms with Crippen molar-refractivity contribution in [3.63, 3.8) is 0 Å². The summed E-state index contributed by atoms with van der Waals surface area (Å²) < 4.78 is 0. The zero-order valence-corrected chi connectivity index (χ0v) is 19.6. The monoisotopic (exact) mass is 453 g/mol. The van der Waals surface area contributed by atoms with Crippen LogP contribution in [0.2, 0.25) is 0 Å². The van der Waals surface area contributed by atoms with E-state index >= 15 is 0 Å². The molecule has 32 heavy (non-hydrogen) atoms. The fraction of sp³-hybridized carbons (Fsp3) is 0.400. The summed E-state index contributed by atoms with van der Waals surface area (Å²) in [6.07, 6.45) is 12.6. The lowest BCUT2D eigenvalue weighted by Crippen LogP contribution is -2.47. The van der Waals surface area contributed by atoms with Crippen molar-refractivity contribution in [2.75, 3.05) is 18.0 Å². The molecule has 0 radical (unpaired) electrons. The van der Waals surface area contributed by atoms with Gasteiger partial charge >= 0.3 is 0 Å². The number of likely N-dealkylation sites (tertiary alicyclic amines) is 1. The number of para-hydroxylation sites is 1. The third-order valence-corrected chi connectivity index (χ3v) is 6.61. The van der Waals surface area contributed by atoms with Gasteiger partial charge in [-0.1, -0.05) is 59.8 Å². The lowest BCUT2D eigenvalue weighted by molar-refractivity contribution is 0.143. The molecule has 1 fully saturated rings. The molecule has 0 aromatic heterocycles. The largest absolute Gasteiger partial charge is 0.403 e. The SMILES string of the molecule is C=CN(C(=NC(C)N1CCC(N=O)(C2=CCCC=C2)CC1)/C(Cl)=C\N)c1ccccc1C. The van der Waals surface area contributed by atoms with Gasteiger partial charge in [0, 0.05) is 31.2 Å². The van der Waals surface area contributed by atoms with Crippen LogP contribution in [0.15, 0.2) is 82.2 Å². The maximum Gasteiger partial charge on any atom is 0.154 e. The van der Waals surface area contributed by atoms with E-state index < -0.39 is 5.54 Å². The summed E-state index contributed by atoms with van der Waals surface area (Å²) >= 11 is 6.49. The molecule has 1 aliphatic heterocycles. The van der Waals surface area contributed by atoms with Gasteiger partial charge in [0.25, 0.3) is 0 Å². The minimum Gasteiger partial charge on any atom is -0.403 e. The minimum atomic E-state index is -0.636. The number of nitrogens with two attached hydrogens (primary N) is 1. The second-order valence-electron chi connectivity index (χ2n) is 8.24. The van der Waals surface area contributed by atoms with E-state index in [0.29, 0.717) is 23.7 Å². The summed E-state index contributed by atoms with van der Waals surface area (Å²) in [6, 6.07) is 7.97. The summed E-state index contributed by atoms with van der Waals surface area (Å²) in [5, 5.41) is 3.94. The van der Waals surface area contributed by atoms with Gasteiger partial charge < -0.3 is 10.6 Å². The predicted octanol–water partition coefficient (Wildman–Crippen LogP) is 5.61. The van der Waals surface area contributed by atoms with Crippen molar-refractivity contribution in [1.29, 1.82) is 0 Å². The molecule has 0 bridgehead atoms. The Morgan fingerprint density at radius 1 is 1.31 bits per heavy atom. The van der Waals surface area contributed by atoms with Gasteiger partial charge in [0.05, 0.1) is 5.03 Å². The highest BCUT2D eigenvalue weighted by Gasteiger charge is 2.40. The van der Waals surface area contributed by atoms with Gasteiger partial charge in [0.1, 0.15) is 11.7 Å². The molecule has 6 nitrogen and oxygen atoms in total. The van der Waals surface area contributed by atoms with Crippen LogP contribution in [0.5, 0.6) is 0 Å². The fourth-order valence-corrected chi connectivity index (χ4v) is 4.50. The van der Waals surface area contributed by atoms with E-state index in [2.05, 4.69) is 34.9 Å². The van der Waals surface area contributed by atoms with Crippen molar-refractivity contribution in [3.8, 4) is 0 Å². The van der Waals surface area contributed by atoms with Crippen LogP contribution in [-0.4, -0.2) is 35.5 Å². The lowest BCUT2D eigenvalue weighted by Gasteiger charge is -2.40. The van der Waals surface area contributed by atoms with Crippen molar-refractivity contribution in [3.05, 3.63) is 82.5 Å². The number of amidine groups is 1. The first-order valence-corrected chi connectivity index (χ1v) is 11.4. The van der Waals surface area contributed by atoms with E-state index in [-0.39, 0.29) is 6.17 Å². The highest BCUT2D eigenvalue weighted by molar-refractivity contribution is 6.45. The van der Waals surface area contributed by atoms with Gasteiger partial charge in [-0.25, -0.2) is 4.99 Å². The highest BCUT2D eigenvalue weighted by atomic mass is 35.5. The van der Waals surface area contributed by atoms with E-state index in [0.717, 1.165) is 42.8 Å². The third-order valence-electron chi connectivity index (χ3n) is 6.32. The van der Waals surface area contributed by atoms with Crippen LogP contribution in [0.25, 0.3) is 0 Å². The van der Waals surface area contributed by atoms with Crippen LogP contribution >= 0.6 is 11.6 Å². The molecule has 1 aromatic rings. The zero-order chi connectivity index (χ0) is 23.1. The summed E-state index contributed by atoms with van der Waals surface area (Å²) in [7, 11) is 0. The molecule has 1 saturated heterocycles. The Bertz CT molecular complexity index is 957. The van der Waals surface area contributed by atoms with Crippen molar-refractivity contribution >= 4 is 23.1 Å². The number of piperidine rings is 1. The number of benzene rings is 1. The molecular weight excluding hydrogens is 422 g/mol. The minimum absolute atomic E-state index is 0.161. The van der Waals surface area contributed by atoms with Crippen molar-refractivity contribution < 1.29 is 0 Å². The Balaban J connectivity index is 1.82. The molecule has 1 atom stereocenters. The summed E-state index contributed by atoms with van der Waals surface area (Å²) in [5.74, 6) is 0.536. The van der Waals surface area contributed by atoms with Gasteiger partial charge in [-0.3, -0.25) is 4.90 Å². The van der Waals surface area contributed by atoms with Crippen molar-refractivity contribution in [2.24, 2.45) is 15.9 Å². The molecule has 3 rings (SSSR count). The molecule has 1 unspecified atom stereocenters. The van der Waals surface area contributed by atoms with Crippen molar-refractivity contribution in [2.45, 2.75) is 51.2 Å². The highest BCUT2D eigenvalue weighted by Crippen LogP contribution is 2.37. The molecule has 170 valence electrons. The number of nitrogens with zero attached hydrogens (tertiary/aromatic N) is 4. The Morgan fingerprint density at radius 2 is 2.03 bits per heavy atom. The van der Waals surface area contributed by atoms with Gasteiger partial charge in [0.2, 0.25) is 0 Å². The van der Waals surface area contributed by atoms with Gasteiger partial charge in [-0.15, -0.1) is 4.91 Å². The number of allylic oxidation sites excluding steroid dienone is 2. The molecule has 0 amide bonds. The summed E-state index contributed by atoms with van der Waals surface area (Å²) in [6.45, 7) is 9.46. The van der Waals surface area contributed by atoms with E-state index in [9.17, 15) is 4.91 Å². The Kier molecular flexibility index (Phi) is 8.04. The van der Waals surface area contributed by atoms with Crippen LogP contribution < -0.4 is 10.6 Å². The summed E-state index contributed by atoms with van der Waals surface area (Å²) in [5.41, 5.74) is 8.19. The molecule has 2 aliphatic rings. The first kappa shape index (κ1) is 24.0. The van der Waals surface area contributed by atoms with Gasteiger partial charge in [-0.2, -0.15) is 0 Å². The maximum atomic E-state index is 11.9. The molecule has 1 heterocycles. The number of rotatable bonds is 7. The average molecular weight is 454 g/mol. The number of hydrogen-bond donors (Lipinski definition) is 1. The Hall–Kier alpha value is -2.70. The molecular formula is C25H32ClN5O. The topological polar surface area (TPSA) is 74.3 Å². The number of hydrogen-bond acceptors (Lipinski definition) is 5. The maximum absolute atomic E-state index is 11.9. The van der Waals surface area contributed by atoms with Crippen molar-refractivity contribution in [1.82, 2.24) is 4.90 Å². The number of nitroso groups, excluding NO2 is 1. The molecule has 2 N–H and O–H groups in total. The van der Waals surface area contributed by atoms with Crippen LogP contribution in [0, 0.1) is 11.8 Å². The normalized spacial score (nSPS) is 20.4. The predicted molar refractivity (Wildman–Crippen MR) is 135 cm³/mol. The number of anilines is 1. The summed E-state index contributed by atoms with van der Waals surface area (Å²) in [4.78, 5) is 20.9. The first-order chi connectivity index (χ1) is 15.5. The van der Waals surface area contributed by atoms with E-state index in [1.54, 1.807) is 6.20 Å². The molecule has 1 aromatic carbocycles. The van der Waals surface area contributed by atoms with E-state index in [4.69, 9.17) is 22.3 Å². The average Bonchev–Trinajstić information content (AvgIpc) is 2.84. The molecule has 0 spiro atoms. The zero-order valence-electron chi connectivity index (χ0n) is 18.9. The fourth-order valence-electron chi connectivity index (χ4n) is 4.36. The van der Waals surface area contributed by atoms with Gasteiger partial charge in [0.15, 0.2) is 5.84 Å². The van der Waals surface area contributed by atoms with E-state index in [1.807, 2.05) is 43.0 Å². The van der Waals surface area contributed by atoms with Crippen LogP contribution in [0.3, 0.4) is 0 Å². The third kappa shape index (κ3) is 5.03.